The van der Waals surface area contributed by atoms with E-state index in [0.717, 1.165) is 5.56 Å². The van der Waals surface area contributed by atoms with Gasteiger partial charge in [-0.1, -0.05) is 30.3 Å². The van der Waals surface area contributed by atoms with Gasteiger partial charge in [-0.2, -0.15) is 0 Å². The highest BCUT2D eigenvalue weighted by molar-refractivity contribution is 7.93. The summed E-state index contributed by atoms with van der Waals surface area (Å²) in [6, 6.07) is 8.87. The van der Waals surface area contributed by atoms with E-state index < -0.39 is 27.2 Å². The van der Waals surface area contributed by atoms with Crippen LogP contribution < -0.4 is 0 Å². The first-order valence-corrected chi connectivity index (χ1v) is 7.66. The van der Waals surface area contributed by atoms with Crippen molar-refractivity contribution in [3.63, 3.8) is 0 Å². The van der Waals surface area contributed by atoms with E-state index in [1.54, 1.807) is 24.3 Å². The summed E-state index contributed by atoms with van der Waals surface area (Å²) in [7, 11) is -3.75. The third-order valence-electron chi connectivity index (χ3n) is 3.39. The number of hydrogen-bond donors (Lipinski definition) is 0. The van der Waals surface area contributed by atoms with Crippen LogP contribution in [0.5, 0.6) is 0 Å². The minimum atomic E-state index is -3.75. The van der Waals surface area contributed by atoms with Crippen molar-refractivity contribution in [2.45, 2.75) is 24.2 Å². The van der Waals surface area contributed by atoms with Gasteiger partial charge in [-0.05, 0) is 18.4 Å². The molecular weight excluding hydrogens is 271 g/mol. The summed E-state index contributed by atoms with van der Waals surface area (Å²) >= 11 is 0. The number of benzene rings is 1. The zero-order chi connectivity index (χ0) is 13.9. The molecule has 104 valence electrons. The Bertz CT molecular complexity index is 555. The number of sulfone groups is 1. The molecule has 1 atom stereocenters. The highest BCUT2D eigenvalue weighted by atomic mass is 32.2. The monoisotopic (exact) mass is 286 g/mol. The molecule has 6 heteroatoms. The van der Waals surface area contributed by atoms with Crippen LogP contribution in [0.1, 0.15) is 18.4 Å². The third kappa shape index (κ3) is 2.49. The van der Waals surface area contributed by atoms with Crippen molar-refractivity contribution in [1.29, 1.82) is 0 Å². The van der Waals surface area contributed by atoms with Crippen LogP contribution in [0, 0.1) is 0 Å². The van der Waals surface area contributed by atoms with Gasteiger partial charge >= 0.3 is 5.97 Å². The molecule has 19 heavy (non-hydrogen) atoms. The molecule has 0 amide bonds. The number of hydrogen-bond acceptors (Lipinski definition) is 4. The normalized spacial score (nSPS) is 25.1. The lowest BCUT2D eigenvalue weighted by atomic mass is 10.1. The second kappa shape index (κ2) is 5.28. The number of carbonyl (C=O) groups is 1. The molecule has 0 N–H and O–H groups in total. The smallest absolute Gasteiger partial charge is 0.330 e. The Balaban J connectivity index is 2.11. The Labute approximate surface area is 111 Å². The second-order valence-corrected chi connectivity index (χ2v) is 7.03. The lowest BCUT2D eigenvalue weighted by molar-refractivity contribution is -0.148. The molecule has 0 bridgehead atoms. The Kier molecular flexibility index (Phi) is 3.89. The zero-order valence-corrected chi connectivity index (χ0v) is 11.2. The highest BCUT2D eigenvalue weighted by Gasteiger charge is 2.55. The standard InChI is InChI=1S/C13H15FO4S/c14-10-13(7-4-8-19(13,16)17)12(15)18-9-11-5-2-1-3-6-11/h1-3,5-6H,4,7-10H2. The number of halogens is 1. The summed E-state index contributed by atoms with van der Waals surface area (Å²) in [6.07, 6.45) is 0.298. The molecule has 0 aromatic heterocycles. The molecule has 1 heterocycles. The second-order valence-electron chi connectivity index (χ2n) is 4.61. The molecule has 0 spiro atoms. The van der Waals surface area contributed by atoms with Crippen molar-refractivity contribution in [2.24, 2.45) is 0 Å². The molecule has 1 saturated heterocycles. The van der Waals surface area contributed by atoms with Crippen LogP contribution in [-0.4, -0.2) is 31.6 Å². The molecule has 1 fully saturated rings. The van der Waals surface area contributed by atoms with Crippen molar-refractivity contribution in [2.75, 3.05) is 12.4 Å². The van der Waals surface area contributed by atoms with Crippen molar-refractivity contribution in [3.05, 3.63) is 35.9 Å². The summed E-state index contributed by atoms with van der Waals surface area (Å²) in [5.41, 5.74) is 0.736. The minimum absolute atomic E-state index is 0.000539. The third-order valence-corrected chi connectivity index (χ3v) is 5.89. The fraction of sp³-hybridized carbons (Fsp3) is 0.462. The molecule has 1 aromatic rings. The molecule has 4 nitrogen and oxygen atoms in total. The Morgan fingerprint density at radius 1 is 1.32 bits per heavy atom. The van der Waals surface area contributed by atoms with Gasteiger partial charge < -0.3 is 4.74 Å². The summed E-state index contributed by atoms with van der Waals surface area (Å²) in [4.78, 5) is 11.9. The molecule has 1 aliphatic rings. The van der Waals surface area contributed by atoms with Gasteiger partial charge in [0.2, 0.25) is 0 Å². The summed E-state index contributed by atoms with van der Waals surface area (Å²) < 4.78 is 39.8. The number of esters is 1. The number of alkyl halides is 1. The van der Waals surface area contributed by atoms with Gasteiger partial charge in [-0.25, -0.2) is 12.8 Å². The highest BCUT2D eigenvalue weighted by Crippen LogP contribution is 2.34. The maximum atomic E-state index is 13.1. The van der Waals surface area contributed by atoms with E-state index in [2.05, 4.69) is 0 Å². The van der Waals surface area contributed by atoms with E-state index >= 15 is 0 Å². The van der Waals surface area contributed by atoms with Gasteiger partial charge in [-0.3, -0.25) is 4.79 Å². The van der Waals surface area contributed by atoms with E-state index in [0.29, 0.717) is 6.42 Å². The maximum Gasteiger partial charge on any atom is 0.330 e. The Morgan fingerprint density at radius 3 is 2.53 bits per heavy atom. The van der Waals surface area contributed by atoms with E-state index in [9.17, 15) is 17.6 Å². The predicted octanol–water partition coefficient (Wildman–Crippen LogP) is 1.65. The minimum Gasteiger partial charge on any atom is -0.460 e. The number of carbonyl (C=O) groups excluding carboxylic acids is 1. The molecule has 2 rings (SSSR count). The van der Waals surface area contributed by atoms with Gasteiger partial charge in [0.1, 0.15) is 13.3 Å². The van der Waals surface area contributed by atoms with Gasteiger partial charge in [0, 0.05) is 0 Å². The molecule has 0 aliphatic carbocycles. The van der Waals surface area contributed by atoms with Gasteiger partial charge in [0.15, 0.2) is 14.6 Å². The van der Waals surface area contributed by atoms with Gasteiger partial charge in [-0.15, -0.1) is 0 Å². The predicted molar refractivity (Wildman–Crippen MR) is 68.0 cm³/mol. The largest absolute Gasteiger partial charge is 0.460 e. The first kappa shape index (κ1) is 14.0. The van der Waals surface area contributed by atoms with Crippen LogP contribution >= 0.6 is 0 Å². The van der Waals surface area contributed by atoms with Crippen LogP contribution in [0.25, 0.3) is 0 Å². The quantitative estimate of drug-likeness (QED) is 0.790. The van der Waals surface area contributed by atoms with Gasteiger partial charge in [0.25, 0.3) is 0 Å². The molecule has 0 saturated carbocycles. The lowest BCUT2D eigenvalue weighted by Crippen LogP contribution is -2.46. The summed E-state index contributed by atoms with van der Waals surface area (Å²) in [5, 5.41) is 0. The van der Waals surface area contributed by atoms with Crippen molar-refractivity contribution in [1.82, 2.24) is 0 Å². The summed E-state index contributed by atoms with van der Waals surface area (Å²) in [6.45, 7) is -1.26. The van der Waals surface area contributed by atoms with Crippen LogP contribution in [0.4, 0.5) is 4.39 Å². The van der Waals surface area contributed by atoms with Gasteiger partial charge in [0.05, 0.1) is 5.75 Å². The summed E-state index contributed by atoms with van der Waals surface area (Å²) in [5.74, 6) is -1.13. The van der Waals surface area contributed by atoms with Crippen molar-refractivity contribution in [3.8, 4) is 0 Å². The molecule has 1 aliphatic heterocycles. The van der Waals surface area contributed by atoms with Crippen molar-refractivity contribution >= 4 is 15.8 Å². The number of rotatable bonds is 4. The first-order chi connectivity index (χ1) is 9.02. The van der Waals surface area contributed by atoms with Crippen molar-refractivity contribution < 1.29 is 22.3 Å². The first-order valence-electron chi connectivity index (χ1n) is 6.01. The van der Waals surface area contributed by atoms with E-state index in [-0.39, 0.29) is 18.8 Å². The van der Waals surface area contributed by atoms with Crippen LogP contribution in [0.2, 0.25) is 0 Å². The molecular formula is C13H15FO4S. The average Bonchev–Trinajstić information content (AvgIpc) is 2.73. The lowest BCUT2D eigenvalue weighted by Gasteiger charge is -2.22. The zero-order valence-electron chi connectivity index (χ0n) is 10.3. The van der Waals surface area contributed by atoms with Crippen LogP contribution in [0.3, 0.4) is 0 Å². The Morgan fingerprint density at radius 2 is 2.00 bits per heavy atom. The van der Waals surface area contributed by atoms with Crippen LogP contribution in [0.15, 0.2) is 30.3 Å². The van der Waals surface area contributed by atoms with E-state index in [1.165, 1.54) is 0 Å². The topological polar surface area (TPSA) is 60.4 Å². The average molecular weight is 286 g/mol. The molecule has 0 radical (unpaired) electrons. The van der Waals surface area contributed by atoms with Crippen LogP contribution in [-0.2, 0) is 26.0 Å². The maximum absolute atomic E-state index is 13.1. The van der Waals surface area contributed by atoms with E-state index in [1.807, 2.05) is 6.07 Å². The molecule has 1 aromatic carbocycles. The fourth-order valence-corrected chi connectivity index (χ4v) is 4.04. The fourth-order valence-electron chi connectivity index (χ4n) is 2.19. The molecule has 1 unspecified atom stereocenters. The Hall–Kier alpha value is -1.43. The number of ether oxygens (including phenoxy) is 1. The SMILES string of the molecule is O=C(OCc1ccccc1)C1(CF)CCCS1(=O)=O. The van der Waals surface area contributed by atoms with E-state index in [4.69, 9.17) is 4.74 Å².